The van der Waals surface area contributed by atoms with Crippen LogP contribution in [-0.2, 0) is 22.7 Å². The maximum absolute atomic E-state index is 12.6. The molecule has 0 saturated carbocycles. The standard InChI is InChI=1S/C21H25NO2/c1-18(23)10-8-9-15-21(24)22(16-19-11-4-2-5-12-19)17-20-13-6-3-7-14-20/h2-7,11-14H,8-10,15-17H2,1H3. The van der Waals surface area contributed by atoms with Crippen LogP contribution in [0.4, 0.5) is 0 Å². The minimum Gasteiger partial charge on any atom is -0.334 e. The van der Waals surface area contributed by atoms with Gasteiger partial charge in [0.05, 0.1) is 0 Å². The van der Waals surface area contributed by atoms with E-state index < -0.39 is 0 Å². The molecule has 0 bridgehead atoms. The lowest BCUT2D eigenvalue weighted by Gasteiger charge is -2.23. The molecule has 0 spiro atoms. The van der Waals surface area contributed by atoms with Crippen molar-refractivity contribution in [1.29, 1.82) is 0 Å². The highest BCUT2D eigenvalue weighted by molar-refractivity contribution is 5.77. The maximum atomic E-state index is 12.6. The monoisotopic (exact) mass is 323 g/mol. The average molecular weight is 323 g/mol. The second-order valence-electron chi connectivity index (χ2n) is 6.13. The first-order valence-electron chi connectivity index (χ1n) is 8.50. The highest BCUT2D eigenvalue weighted by Crippen LogP contribution is 2.13. The highest BCUT2D eigenvalue weighted by atomic mass is 16.2. The molecule has 0 radical (unpaired) electrons. The van der Waals surface area contributed by atoms with E-state index in [1.807, 2.05) is 65.6 Å². The van der Waals surface area contributed by atoms with Crippen LogP contribution in [0, 0.1) is 0 Å². The Hall–Kier alpha value is -2.42. The Morgan fingerprint density at radius 2 is 1.21 bits per heavy atom. The number of benzene rings is 2. The van der Waals surface area contributed by atoms with E-state index in [-0.39, 0.29) is 11.7 Å². The normalized spacial score (nSPS) is 10.4. The van der Waals surface area contributed by atoms with Gasteiger partial charge in [0.15, 0.2) is 0 Å². The van der Waals surface area contributed by atoms with Crippen molar-refractivity contribution < 1.29 is 9.59 Å². The molecular weight excluding hydrogens is 298 g/mol. The van der Waals surface area contributed by atoms with Crippen LogP contribution >= 0.6 is 0 Å². The average Bonchev–Trinajstić information content (AvgIpc) is 2.59. The molecule has 0 heterocycles. The summed E-state index contributed by atoms with van der Waals surface area (Å²) in [6.07, 6.45) is 2.60. The fourth-order valence-corrected chi connectivity index (χ4v) is 2.65. The molecule has 0 aromatic heterocycles. The van der Waals surface area contributed by atoms with Crippen molar-refractivity contribution in [3.63, 3.8) is 0 Å². The zero-order chi connectivity index (χ0) is 17.2. The van der Waals surface area contributed by atoms with E-state index in [0.717, 1.165) is 24.0 Å². The van der Waals surface area contributed by atoms with Crippen LogP contribution in [-0.4, -0.2) is 16.6 Å². The predicted octanol–water partition coefficient (Wildman–Crippen LogP) is 4.36. The van der Waals surface area contributed by atoms with Crippen LogP contribution in [0.5, 0.6) is 0 Å². The molecule has 0 N–H and O–H groups in total. The summed E-state index contributed by atoms with van der Waals surface area (Å²) in [5, 5.41) is 0. The summed E-state index contributed by atoms with van der Waals surface area (Å²) in [5.41, 5.74) is 2.26. The van der Waals surface area contributed by atoms with E-state index in [4.69, 9.17) is 0 Å². The van der Waals surface area contributed by atoms with Gasteiger partial charge in [0.2, 0.25) is 5.91 Å². The second-order valence-corrected chi connectivity index (χ2v) is 6.13. The summed E-state index contributed by atoms with van der Waals surface area (Å²) in [5.74, 6) is 0.333. The van der Waals surface area contributed by atoms with Crippen LogP contribution in [0.25, 0.3) is 0 Å². The smallest absolute Gasteiger partial charge is 0.223 e. The lowest BCUT2D eigenvalue weighted by Crippen LogP contribution is -2.29. The number of carbonyl (C=O) groups is 2. The number of carbonyl (C=O) groups excluding carboxylic acids is 2. The summed E-state index contributed by atoms with van der Waals surface area (Å²) in [6.45, 7) is 2.82. The van der Waals surface area contributed by atoms with Crippen molar-refractivity contribution in [2.75, 3.05) is 0 Å². The number of rotatable bonds is 9. The van der Waals surface area contributed by atoms with Crippen LogP contribution < -0.4 is 0 Å². The van der Waals surface area contributed by atoms with Crippen molar-refractivity contribution in [1.82, 2.24) is 4.90 Å². The Labute approximate surface area is 144 Å². The lowest BCUT2D eigenvalue weighted by atomic mass is 10.1. The van der Waals surface area contributed by atoms with Gasteiger partial charge in [-0.1, -0.05) is 60.7 Å². The van der Waals surface area contributed by atoms with E-state index in [1.54, 1.807) is 6.92 Å². The fraction of sp³-hybridized carbons (Fsp3) is 0.333. The summed E-state index contributed by atoms with van der Waals surface area (Å²) >= 11 is 0. The molecule has 0 aliphatic carbocycles. The third-order valence-electron chi connectivity index (χ3n) is 3.95. The number of Topliss-reactive ketones (excluding diaryl/α,β-unsaturated/α-hetero) is 1. The van der Waals surface area contributed by atoms with Gasteiger partial charge in [0.25, 0.3) is 0 Å². The maximum Gasteiger partial charge on any atom is 0.223 e. The number of hydrogen-bond donors (Lipinski definition) is 0. The number of nitrogens with zero attached hydrogens (tertiary/aromatic N) is 1. The molecule has 2 aromatic carbocycles. The van der Waals surface area contributed by atoms with Gasteiger partial charge in [-0.3, -0.25) is 4.79 Å². The summed E-state index contributed by atoms with van der Waals surface area (Å²) in [7, 11) is 0. The first-order valence-corrected chi connectivity index (χ1v) is 8.50. The van der Waals surface area contributed by atoms with Crippen molar-refractivity contribution in [3.8, 4) is 0 Å². The van der Waals surface area contributed by atoms with E-state index in [2.05, 4.69) is 0 Å². The zero-order valence-corrected chi connectivity index (χ0v) is 14.3. The van der Waals surface area contributed by atoms with Gasteiger partial charge in [-0.25, -0.2) is 0 Å². The Morgan fingerprint density at radius 1 is 0.750 bits per heavy atom. The second kappa shape index (κ2) is 9.66. The third kappa shape index (κ3) is 6.37. The molecule has 0 aliphatic heterocycles. The quantitative estimate of drug-likeness (QED) is 0.643. The Balaban J connectivity index is 1.98. The van der Waals surface area contributed by atoms with Crippen LogP contribution in [0.1, 0.15) is 43.7 Å². The fourth-order valence-electron chi connectivity index (χ4n) is 2.65. The molecule has 0 saturated heterocycles. The lowest BCUT2D eigenvalue weighted by molar-refractivity contribution is -0.132. The first kappa shape index (κ1) is 17.9. The largest absolute Gasteiger partial charge is 0.334 e. The van der Waals surface area contributed by atoms with Crippen LogP contribution in [0.15, 0.2) is 60.7 Å². The van der Waals surface area contributed by atoms with Gasteiger partial charge < -0.3 is 9.69 Å². The Morgan fingerprint density at radius 3 is 1.67 bits per heavy atom. The zero-order valence-electron chi connectivity index (χ0n) is 14.3. The number of unbranched alkanes of at least 4 members (excludes halogenated alkanes) is 1. The molecule has 0 atom stereocenters. The summed E-state index contributed by atoms with van der Waals surface area (Å²) < 4.78 is 0. The molecule has 2 rings (SSSR count). The number of amides is 1. The van der Waals surface area contributed by atoms with Gasteiger partial charge in [0, 0.05) is 25.9 Å². The molecular formula is C21H25NO2. The van der Waals surface area contributed by atoms with Crippen molar-refractivity contribution in [2.45, 2.75) is 45.7 Å². The molecule has 0 fully saturated rings. The molecule has 24 heavy (non-hydrogen) atoms. The third-order valence-corrected chi connectivity index (χ3v) is 3.95. The van der Waals surface area contributed by atoms with Gasteiger partial charge in [-0.2, -0.15) is 0 Å². The molecule has 2 aromatic rings. The number of hydrogen-bond acceptors (Lipinski definition) is 2. The van der Waals surface area contributed by atoms with Crippen LogP contribution in [0.2, 0.25) is 0 Å². The van der Waals surface area contributed by atoms with E-state index in [1.165, 1.54) is 0 Å². The van der Waals surface area contributed by atoms with Crippen molar-refractivity contribution in [2.24, 2.45) is 0 Å². The molecule has 0 aliphatic rings. The minimum absolute atomic E-state index is 0.145. The van der Waals surface area contributed by atoms with Gasteiger partial charge in [0.1, 0.15) is 5.78 Å². The topological polar surface area (TPSA) is 37.4 Å². The minimum atomic E-state index is 0.145. The summed E-state index contributed by atoms with van der Waals surface area (Å²) in [6, 6.07) is 20.1. The van der Waals surface area contributed by atoms with Crippen molar-refractivity contribution >= 4 is 11.7 Å². The van der Waals surface area contributed by atoms with E-state index in [0.29, 0.717) is 25.9 Å². The van der Waals surface area contributed by atoms with Gasteiger partial charge in [-0.05, 0) is 30.9 Å². The predicted molar refractivity (Wildman–Crippen MR) is 96.3 cm³/mol. The van der Waals surface area contributed by atoms with E-state index in [9.17, 15) is 9.59 Å². The SMILES string of the molecule is CC(=O)CCCCC(=O)N(Cc1ccccc1)Cc1ccccc1. The van der Waals surface area contributed by atoms with Gasteiger partial charge in [-0.15, -0.1) is 0 Å². The molecule has 3 heteroatoms. The van der Waals surface area contributed by atoms with Crippen LogP contribution in [0.3, 0.4) is 0 Å². The molecule has 0 unspecified atom stereocenters. The molecule has 3 nitrogen and oxygen atoms in total. The van der Waals surface area contributed by atoms with E-state index >= 15 is 0 Å². The Kier molecular flexibility index (Phi) is 7.21. The van der Waals surface area contributed by atoms with Crippen molar-refractivity contribution in [3.05, 3.63) is 71.8 Å². The number of ketones is 1. The first-order chi connectivity index (χ1) is 11.6. The highest BCUT2D eigenvalue weighted by Gasteiger charge is 2.14. The summed E-state index contributed by atoms with van der Waals surface area (Å²) in [4.78, 5) is 25.5. The van der Waals surface area contributed by atoms with Gasteiger partial charge >= 0.3 is 0 Å². The molecule has 126 valence electrons. The molecule has 1 amide bonds. The Bertz CT molecular complexity index is 596.